The fourth-order valence-electron chi connectivity index (χ4n) is 8.55. The maximum atomic E-state index is 13.5. The average Bonchev–Trinajstić information content (AvgIpc) is 3.56. The number of nitrogens with one attached hydrogen (secondary N) is 1. The van der Waals surface area contributed by atoms with Gasteiger partial charge in [0.15, 0.2) is 29.8 Å². The molecule has 14 nitrogen and oxygen atoms in total. The van der Waals surface area contributed by atoms with Crippen LogP contribution in [0.1, 0.15) is 64.6 Å². The van der Waals surface area contributed by atoms with Gasteiger partial charge in [-0.15, -0.1) is 11.8 Å². The Bertz CT molecular complexity index is 1810. The van der Waals surface area contributed by atoms with Gasteiger partial charge in [-0.1, -0.05) is 6.07 Å². The number of hydrogen-bond acceptors (Lipinski definition) is 14. The number of likely N-dealkylation sites (N-methyl/N-ethyl adjacent to an activating group) is 1. The van der Waals surface area contributed by atoms with E-state index in [0.29, 0.717) is 51.9 Å². The molecule has 15 heteroatoms. The summed E-state index contributed by atoms with van der Waals surface area (Å²) in [6, 6.07) is 1.32. The molecule has 0 spiro atoms. The molecular formula is C35H40N4O10S. The van der Waals surface area contributed by atoms with E-state index in [1.54, 1.807) is 14.2 Å². The Morgan fingerprint density at radius 1 is 1.08 bits per heavy atom. The standard InChI is InChI=1S/C35H40N4O10S/c1-15-8-19-9-21-22(10-36)39-23-11-45-35(42)20(37-17(3)40)12-50-34(26-25(23)33-31(47-14-48-33)16(2)30(26)49-18(4)41)28(39)27(38(21)5)24(19)32(29(15)44-7)46-13-43-6/h8,20-23,27-28,34H,9,11-14H2,1-7H3,(H,37,40)/t20-,21+,22+,23+,27-,28?,34-/m1/s1. The van der Waals surface area contributed by atoms with Crippen molar-refractivity contribution >= 4 is 29.6 Å². The summed E-state index contributed by atoms with van der Waals surface area (Å²) in [7, 11) is 5.18. The summed E-state index contributed by atoms with van der Waals surface area (Å²) in [5.41, 5.74) is 4.78. The summed E-state index contributed by atoms with van der Waals surface area (Å²) in [6.45, 7) is 6.26. The molecule has 0 saturated carbocycles. The van der Waals surface area contributed by atoms with Gasteiger partial charge in [-0.2, -0.15) is 5.26 Å². The molecule has 7 rings (SSSR count). The number of aryl methyl sites for hydroxylation is 1. The molecule has 2 aromatic carbocycles. The number of cyclic esters (lactones) is 1. The van der Waals surface area contributed by atoms with Gasteiger partial charge in [0.05, 0.1) is 30.5 Å². The lowest BCUT2D eigenvalue weighted by Gasteiger charge is -2.61. The van der Waals surface area contributed by atoms with Gasteiger partial charge in [0.25, 0.3) is 0 Å². The van der Waals surface area contributed by atoms with Gasteiger partial charge in [-0.3, -0.25) is 19.4 Å². The summed E-state index contributed by atoms with van der Waals surface area (Å²) in [5, 5.41) is 13.2. The second-order valence-electron chi connectivity index (χ2n) is 13.2. The van der Waals surface area contributed by atoms with Gasteiger partial charge in [0, 0.05) is 61.0 Å². The highest BCUT2D eigenvalue weighted by Gasteiger charge is 2.61. The molecule has 1 N–H and O–H groups in total. The topological polar surface area (TPSA) is 158 Å². The Balaban J connectivity index is 1.54. The molecule has 0 aromatic heterocycles. The lowest BCUT2D eigenvalue weighted by Crippen LogP contribution is -2.69. The van der Waals surface area contributed by atoms with Gasteiger partial charge in [0.1, 0.15) is 24.4 Å². The molecule has 0 aliphatic carbocycles. The summed E-state index contributed by atoms with van der Waals surface area (Å²) in [4.78, 5) is 42.9. The lowest BCUT2D eigenvalue weighted by atomic mass is 9.71. The second kappa shape index (κ2) is 13.1. The zero-order valence-electron chi connectivity index (χ0n) is 29.0. The summed E-state index contributed by atoms with van der Waals surface area (Å²) in [6.07, 6.45) is 0.546. The minimum absolute atomic E-state index is 0.0153. The monoisotopic (exact) mass is 708 g/mol. The Hall–Kier alpha value is -4.23. The Morgan fingerprint density at radius 2 is 1.84 bits per heavy atom. The predicted molar refractivity (Wildman–Crippen MR) is 178 cm³/mol. The molecular weight excluding hydrogens is 668 g/mol. The van der Waals surface area contributed by atoms with Crippen LogP contribution < -0.4 is 29.0 Å². The zero-order chi connectivity index (χ0) is 35.6. The van der Waals surface area contributed by atoms with Crippen molar-refractivity contribution in [3.63, 3.8) is 0 Å². The van der Waals surface area contributed by atoms with Crippen molar-refractivity contribution in [3.05, 3.63) is 39.4 Å². The molecule has 1 unspecified atom stereocenters. The first kappa shape index (κ1) is 34.2. The van der Waals surface area contributed by atoms with E-state index in [0.717, 1.165) is 16.7 Å². The molecule has 266 valence electrons. The van der Waals surface area contributed by atoms with Crippen LogP contribution in [0.2, 0.25) is 0 Å². The van der Waals surface area contributed by atoms with Crippen molar-refractivity contribution in [1.29, 1.82) is 5.26 Å². The lowest BCUT2D eigenvalue weighted by molar-refractivity contribution is -0.152. The van der Waals surface area contributed by atoms with Crippen LogP contribution in [0.25, 0.3) is 0 Å². The van der Waals surface area contributed by atoms with Gasteiger partial charge in [-0.05, 0) is 38.4 Å². The third-order valence-electron chi connectivity index (χ3n) is 10.3. The molecule has 5 aliphatic rings. The summed E-state index contributed by atoms with van der Waals surface area (Å²) < 4.78 is 41.8. The number of nitrogens with zero attached hydrogens (tertiary/aromatic N) is 3. The van der Waals surface area contributed by atoms with E-state index in [4.69, 9.17) is 33.2 Å². The van der Waals surface area contributed by atoms with Gasteiger partial charge < -0.3 is 38.5 Å². The molecule has 0 radical (unpaired) electrons. The van der Waals surface area contributed by atoms with Crippen LogP contribution in [-0.4, -0.2) is 99.0 Å². The number of rotatable bonds is 6. The number of methoxy groups -OCH3 is 2. The predicted octanol–water partition coefficient (Wildman–Crippen LogP) is 3.01. The number of benzene rings is 2. The van der Waals surface area contributed by atoms with Crippen molar-refractivity contribution < 1.29 is 47.5 Å². The molecule has 1 amide bonds. The molecule has 5 aliphatic heterocycles. The molecule has 2 fully saturated rings. The van der Waals surface area contributed by atoms with E-state index in [9.17, 15) is 19.6 Å². The third-order valence-corrected chi connectivity index (χ3v) is 11.7. The van der Waals surface area contributed by atoms with Crippen molar-refractivity contribution in [2.24, 2.45) is 0 Å². The smallest absolute Gasteiger partial charge is 0.329 e. The van der Waals surface area contributed by atoms with Crippen LogP contribution >= 0.6 is 11.8 Å². The number of carbonyl (C=O) groups excluding carboxylic acids is 3. The highest BCUT2D eigenvalue weighted by molar-refractivity contribution is 7.99. The van der Waals surface area contributed by atoms with E-state index >= 15 is 0 Å². The largest absolute Gasteiger partial charge is 0.493 e. The van der Waals surface area contributed by atoms with Crippen LogP contribution in [0.15, 0.2) is 6.07 Å². The van der Waals surface area contributed by atoms with Crippen molar-refractivity contribution in [2.45, 2.75) is 75.6 Å². The minimum Gasteiger partial charge on any atom is -0.493 e. The van der Waals surface area contributed by atoms with Crippen molar-refractivity contribution in [3.8, 4) is 34.8 Å². The average molecular weight is 709 g/mol. The molecule has 50 heavy (non-hydrogen) atoms. The fourth-order valence-corrected chi connectivity index (χ4v) is 10.1. The van der Waals surface area contributed by atoms with Gasteiger partial charge >= 0.3 is 11.9 Å². The number of nitriles is 1. The van der Waals surface area contributed by atoms with Crippen LogP contribution in [-0.2, 0) is 30.3 Å². The van der Waals surface area contributed by atoms with Crippen LogP contribution in [0, 0.1) is 25.2 Å². The van der Waals surface area contributed by atoms with Crippen molar-refractivity contribution in [1.82, 2.24) is 15.1 Å². The SMILES string of the molecule is COCOc1c(OC)c(C)cc2c1[C@@H]1C3[C@@H]4SC[C@@H](NC(C)=O)C(=O)OC[C@@H](c5c6c(c(C)c(OC(C)=O)c54)OCO6)N3[C@@H](C#N)[C@H](C2)N1C. The first-order valence-corrected chi connectivity index (χ1v) is 17.5. The number of carbonyl (C=O) groups is 3. The van der Waals surface area contributed by atoms with Crippen LogP contribution in [0.4, 0.5) is 0 Å². The summed E-state index contributed by atoms with van der Waals surface area (Å²) >= 11 is 1.43. The van der Waals surface area contributed by atoms with Crippen LogP contribution in [0.3, 0.4) is 0 Å². The van der Waals surface area contributed by atoms with Crippen molar-refractivity contribution in [2.75, 3.05) is 47.2 Å². The van der Waals surface area contributed by atoms with E-state index < -0.39 is 41.4 Å². The number of esters is 2. The highest BCUT2D eigenvalue weighted by Crippen LogP contribution is 2.64. The van der Waals surface area contributed by atoms with Gasteiger partial charge in [0.2, 0.25) is 12.7 Å². The van der Waals surface area contributed by atoms with E-state index in [2.05, 4.69) is 27.3 Å². The maximum Gasteiger partial charge on any atom is 0.329 e. The minimum atomic E-state index is -0.941. The van der Waals surface area contributed by atoms with Gasteiger partial charge in [-0.25, -0.2) is 4.79 Å². The number of piperazine rings is 1. The van der Waals surface area contributed by atoms with Crippen LogP contribution in [0.5, 0.6) is 28.7 Å². The number of thioether (sulfide) groups is 1. The molecule has 2 aromatic rings. The number of amides is 1. The van der Waals surface area contributed by atoms with E-state index in [-0.39, 0.29) is 43.9 Å². The zero-order valence-corrected chi connectivity index (χ0v) is 29.8. The first-order valence-electron chi connectivity index (χ1n) is 16.4. The number of hydrogen-bond donors (Lipinski definition) is 1. The molecule has 2 saturated heterocycles. The first-order chi connectivity index (χ1) is 24.0. The highest BCUT2D eigenvalue weighted by atomic mass is 32.2. The third kappa shape index (κ3) is 5.23. The Kier molecular flexibility index (Phi) is 9.00. The number of fused-ring (bicyclic) bond motifs is 9. The van der Waals surface area contributed by atoms with E-state index in [1.165, 1.54) is 25.6 Å². The Morgan fingerprint density at radius 3 is 2.52 bits per heavy atom. The molecule has 4 bridgehead atoms. The van der Waals surface area contributed by atoms with E-state index in [1.807, 2.05) is 20.9 Å². The maximum absolute atomic E-state index is 13.5. The number of ether oxygens (including phenoxy) is 7. The fraction of sp³-hybridized carbons (Fsp3) is 0.543. The second-order valence-corrected chi connectivity index (χ2v) is 14.3. The summed E-state index contributed by atoms with van der Waals surface area (Å²) in [5.74, 6) is 1.06. The molecule has 5 heterocycles. The Labute approximate surface area is 294 Å². The quantitative estimate of drug-likeness (QED) is 0.265. The molecule has 7 atom stereocenters. The normalized spacial score (nSPS) is 28.0.